The molecule has 0 amide bonds. The maximum Gasteiger partial charge on any atom is 0.416 e. The smallest absolute Gasteiger partial charge is 0.360 e. The number of fused-ring (bicyclic) bond motifs is 1. The molecule has 1 heterocycles. The molecule has 17 heavy (non-hydrogen) atoms. The summed E-state index contributed by atoms with van der Waals surface area (Å²) in [6.07, 6.45) is -3.75. The van der Waals surface area contributed by atoms with Crippen LogP contribution >= 0.6 is 0 Å². The van der Waals surface area contributed by atoms with E-state index < -0.39 is 11.7 Å². The standard InChI is InChI=1S/C11H11F3N2O/c1-15-5-4-10-8-3-2-7(11(12,13)14)6-9(8)16-17-10/h2-3,6,15H,4-5H2,1H3. The van der Waals surface area contributed by atoms with Gasteiger partial charge in [-0.15, -0.1) is 0 Å². The first-order valence-corrected chi connectivity index (χ1v) is 5.12. The highest BCUT2D eigenvalue weighted by Crippen LogP contribution is 2.31. The molecule has 0 spiro atoms. The average molecular weight is 244 g/mol. The van der Waals surface area contributed by atoms with Crippen LogP contribution < -0.4 is 5.32 Å². The maximum atomic E-state index is 12.5. The lowest BCUT2D eigenvalue weighted by Crippen LogP contribution is -2.09. The number of alkyl halides is 3. The molecule has 0 saturated carbocycles. The van der Waals surface area contributed by atoms with Gasteiger partial charge in [-0.2, -0.15) is 13.2 Å². The van der Waals surface area contributed by atoms with Crippen molar-refractivity contribution in [2.24, 2.45) is 0 Å². The van der Waals surface area contributed by atoms with Crippen LogP contribution in [0.2, 0.25) is 0 Å². The highest BCUT2D eigenvalue weighted by atomic mass is 19.4. The van der Waals surface area contributed by atoms with E-state index in [1.807, 2.05) is 0 Å². The Morgan fingerprint density at radius 3 is 2.76 bits per heavy atom. The minimum absolute atomic E-state index is 0.242. The van der Waals surface area contributed by atoms with Crippen LogP contribution in [0.3, 0.4) is 0 Å². The Hall–Kier alpha value is -1.56. The molecule has 0 unspecified atom stereocenters. The van der Waals surface area contributed by atoms with Crippen LogP contribution in [-0.2, 0) is 12.6 Å². The van der Waals surface area contributed by atoms with Crippen molar-refractivity contribution in [1.29, 1.82) is 0 Å². The molecule has 1 aromatic heterocycles. The molecular formula is C11H11F3N2O. The quantitative estimate of drug-likeness (QED) is 0.901. The number of aromatic nitrogens is 1. The van der Waals surface area contributed by atoms with Crippen molar-refractivity contribution in [3.8, 4) is 0 Å². The lowest BCUT2D eigenvalue weighted by molar-refractivity contribution is -0.137. The molecule has 1 N–H and O–H groups in total. The summed E-state index contributed by atoms with van der Waals surface area (Å²) in [7, 11) is 1.79. The van der Waals surface area contributed by atoms with Gasteiger partial charge in [0.25, 0.3) is 0 Å². The summed E-state index contributed by atoms with van der Waals surface area (Å²) in [4.78, 5) is 0. The van der Waals surface area contributed by atoms with Gasteiger partial charge in [0.2, 0.25) is 0 Å². The van der Waals surface area contributed by atoms with Crippen molar-refractivity contribution in [1.82, 2.24) is 10.5 Å². The Bertz CT molecular complexity index is 519. The van der Waals surface area contributed by atoms with Crippen LogP contribution in [0.25, 0.3) is 10.9 Å². The lowest BCUT2D eigenvalue weighted by Gasteiger charge is -2.05. The third-order valence-electron chi connectivity index (χ3n) is 2.48. The molecule has 2 rings (SSSR count). The summed E-state index contributed by atoms with van der Waals surface area (Å²) >= 11 is 0. The number of nitrogens with zero attached hydrogens (tertiary/aromatic N) is 1. The fourth-order valence-corrected chi connectivity index (χ4v) is 1.59. The Labute approximate surface area is 95.6 Å². The molecule has 0 radical (unpaired) electrons. The molecule has 0 bridgehead atoms. The summed E-state index contributed by atoms with van der Waals surface area (Å²) in [6.45, 7) is 0.686. The molecule has 0 saturated heterocycles. The SMILES string of the molecule is CNCCc1onc2cc(C(F)(F)F)ccc12. The topological polar surface area (TPSA) is 38.1 Å². The van der Waals surface area contributed by atoms with Crippen LogP contribution in [0.5, 0.6) is 0 Å². The summed E-state index contributed by atoms with van der Waals surface area (Å²) in [6, 6.07) is 3.45. The molecule has 92 valence electrons. The van der Waals surface area contributed by atoms with Gasteiger partial charge in [0.05, 0.1) is 5.56 Å². The van der Waals surface area contributed by atoms with Crippen molar-refractivity contribution >= 4 is 10.9 Å². The largest absolute Gasteiger partial charge is 0.416 e. The molecule has 1 aromatic carbocycles. The van der Waals surface area contributed by atoms with Crippen LogP contribution in [0.15, 0.2) is 22.7 Å². The second kappa shape index (κ2) is 4.37. The summed E-state index contributed by atoms with van der Waals surface area (Å²) < 4.78 is 42.4. The lowest BCUT2D eigenvalue weighted by atomic mass is 10.1. The highest BCUT2D eigenvalue weighted by Gasteiger charge is 2.31. The van der Waals surface area contributed by atoms with Gasteiger partial charge in [-0.05, 0) is 25.2 Å². The van der Waals surface area contributed by atoms with Crippen molar-refractivity contribution in [2.75, 3.05) is 13.6 Å². The normalized spacial score (nSPS) is 12.2. The molecule has 2 aromatic rings. The molecule has 0 aliphatic heterocycles. The van der Waals surface area contributed by atoms with E-state index in [9.17, 15) is 13.2 Å². The van der Waals surface area contributed by atoms with E-state index in [1.165, 1.54) is 6.07 Å². The van der Waals surface area contributed by atoms with Gasteiger partial charge in [0, 0.05) is 18.4 Å². The minimum Gasteiger partial charge on any atom is -0.360 e. The Kier molecular flexibility index (Phi) is 3.06. The van der Waals surface area contributed by atoms with E-state index in [2.05, 4.69) is 10.5 Å². The van der Waals surface area contributed by atoms with E-state index in [4.69, 9.17) is 4.52 Å². The summed E-state index contributed by atoms with van der Waals surface area (Å²) in [5.41, 5.74) is -0.468. The number of rotatable bonds is 3. The molecular weight excluding hydrogens is 233 g/mol. The second-order valence-electron chi connectivity index (χ2n) is 3.69. The van der Waals surface area contributed by atoms with Gasteiger partial charge in [-0.25, -0.2) is 0 Å². The highest BCUT2D eigenvalue weighted by molar-refractivity contribution is 5.81. The number of hydrogen-bond acceptors (Lipinski definition) is 3. The Balaban J connectivity index is 2.38. The van der Waals surface area contributed by atoms with Crippen molar-refractivity contribution in [2.45, 2.75) is 12.6 Å². The van der Waals surface area contributed by atoms with E-state index in [1.54, 1.807) is 7.05 Å². The second-order valence-corrected chi connectivity index (χ2v) is 3.69. The van der Waals surface area contributed by atoms with Gasteiger partial charge in [0.1, 0.15) is 11.3 Å². The fraction of sp³-hybridized carbons (Fsp3) is 0.364. The van der Waals surface area contributed by atoms with Crippen molar-refractivity contribution in [3.05, 3.63) is 29.5 Å². The molecule has 0 aliphatic carbocycles. The monoisotopic (exact) mass is 244 g/mol. The molecule has 6 heteroatoms. The number of likely N-dealkylation sites (N-methyl/N-ethyl adjacent to an activating group) is 1. The zero-order valence-corrected chi connectivity index (χ0v) is 9.14. The predicted molar refractivity (Wildman–Crippen MR) is 56.6 cm³/mol. The average Bonchev–Trinajstić information content (AvgIpc) is 2.67. The first-order chi connectivity index (χ1) is 8.02. The van der Waals surface area contributed by atoms with Gasteiger partial charge >= 0.3 is 6.18 Å². The van der Waals surface area contributed by atoms with Crippen molar-refractivity contribution in [3.63, 3.8) is 0 Å². The first kappa shape index (κ1) is 11.9. The van der Waals surface area contributed by atoms with Crippen LogP contribution in [0, 0.1) is 0 Å². The zero-order valence-electron chi connectivity index (χ0n) is 9.14. The summed E-state index contributed by atoms with van der Waals surface area (Å²) in [5.74, 6) is 0.600. The number of benzene rings is 1. The third-order valence-corrected chi connectivity index (χ3v) is 2.48. The first-order valence-electron chi connectivity index (χ1n) is 5.12. The predicted octanol–water partition coefficient (Wildman–Crippen LogP) is 2.61. The van der Waals surface area contributed by atoms with Gasteiger partial charge in [-0.1, -0.05) is 5.16 Å². The minimum atomic E-state index is -4.35. The van der Waals surface area contributed by atoms with Gasteiger partial charge in [-0.3, -0.25) is 0 Å². The zero-order chi connectivity index (χ0) is 12.5. The third kappa shape index (κ3) is 2.41. The van der Waals surface area contributed by atoms with E-state index in [0.29, 0.717) is 24.1 Å². The van der Waals surface area contributed by atoms with Crippen LogP contribution in [0.1, 0.15) is 11.3 Å². The fourth-order valence-electron chi connectivity index (χ4n) is 1.59. The maximum absolute atomic E-state index is 12.5. The molecule has 0 aliphatic rings. The number of halogens is 3. The van der Waals surface area contributed by atoms with Crippen molar-refractivity contribution < 1.29 is 17.7 Å². The molecule has 0 atom stereocenters. The van der Waals surface area contributed by atoms with Gasteiger partial charge < -0.3 is 9.84 Å². The molecule has 0 fully saturated rings. The Morgan fingerprint density at radius 2 is 2.12 bits per heavy atom. The van der Waals surface area contributed by atoms with E-state index in [-0.39, 0.29) is 5.52 Å². The summed E-state index contributed by atoms with van der Waals surface area (Å²) in [5, 5.41) is 7.21. The number of hydrogen-bond donors (Lipinski definition) is 1. The van der Waals surface area contributed by atoms with Gasteiger partial charge in [0.15, 0.2) is 0 Å². The number of nitrogens with one attached hydrogen (secondary N) is 1. The van der Waals surface area contributed by atoms with Crippen LogP contribution in [0.4, 0.5) is 13.2 Å². The van der Waals surface area contributed by atoms with E-state index >= 15 is 0 Å². The Morgan fingerprint density at radius 1 is 1.35 bits per heavy atom. The van der Waals surface area contributed by atoms with Crippen LogP contribution in [-0.4, -0.2) is 18.7 Å². The molecule has 3 nitrogen and oxygen atoms in total. The van der Waals surface area contributed by atoms with E-state index in [0.717, 1.165) is 12.1 Å².